The monoisotopic (exact) mass is 645 g/mol. The molecule has 0 bridgehead atoms. The van der Waals surface area contributed by atoms with Crippen LogP contribution in [0.5, 0.6) is 0 Å². The fourth-order valence-corrected chi connectivity index (χ4v) is 8.58. The molecule has 1 heterocycles. The van der Waals surface area contributed by atoms with Crippen molar-refractivity contribution in [2.75, 3.05) is 0 Å². The fraction of sp³-hybridized carbons (Fsp3) is 0. The Kier molecular flexibility index (Phi) is 6.02. The summed E-state index contributed by atoms with van der Waals surface area (Å²) in [6, 6.07) is 69.3. The summed E-state index contributed by atoms with van der Waals surface area (Å²) in [5.74, 6) is 0. The average molecular weight is 646 g/mol. The highest BCUT2D eigenvalue weighted by molar-refractivity contribution is 6.38. The maximum atomic E-state index is 2.51. The van der Waals surface area contributed by atoms with E-state index in [0.717, 1.165) is 0 Å². The van der Waals surface area contributed by atoms with Gasteiger partial charge in [-0.05, 0) is 102 Å². The van der Waals surface area contributed by atoms with E-state index in [9.17, 15) is 0 Å². The van der Waals surface area contributed by atoms with Crippen LogP contribution in [0.2, 0.25) is 0 Å². The van der Waals surface area contributed by atoms with Gasteiger partial charge in [-0.3, -0.25) is 0 Å². The van der Waals surface area contributed by atoms with Gasteiger partial charge in [0.05, 0.1) is 11.0 Å². The SMILES string of the molecule is c1ccc(-c2cc3c4ccccc4c4c(c5ccccc5n4-c4ccc5ccc(-c6ccc7ccccc7c6)cc5c4)c3c3ccccc23)cc1. The molecule has 0 saturated heterocycles. The number of nitrogens with zero attached hydrogens (tertiary/aromatic N) is 1. The van der Waals surface area contributed by atoms with Crippen molar-refractivity contribution in [2.45, 2.75) is 0 Å². The zero-order valence-electron chi connectivity index (χ0n) is 27.8. The van der Waals surface area contributed by atoms with E-state index in [1.807, 2.05) is 0 Å². The lowest BCUT2D eigenvalue weighted by molar-refractivity contribution is 1.19. The molecule has 0 radical (unpaired) electrons. The van der Waals surface area contributed by atoms with E-state index in [4.69, 9.17) is 0 Å². The van der Waals surface area contributed by atoms with Crippen LogP contribution in [0.4, 0.5) is 0 Å². The molecular formula is C50H31N. The van der Waals surface area contributed by atoms with Crippen molar-refractivity contribution in [1.29, 1.82) is 0 Å². The summed E-state index contributed by atoms with van der Waals surface area (Å²) < 4.78 is 2.51. The van der Waals surface area contributed by atoms with E-state index in [1.165, 1.54) is 104 Å². The molecular weight excluding hydrogens is 615 g/mol. The van der Waals surface area contributed by atoms with Crippen molar-refractivity contribution < 1.29 is 0 Å². The summed E-state index contributed by atoms with van der Waals surface area (Å²) in [5, 5.41) is 15.3. The fourth-order valence-electron chi connectivity index (χ4n) is 8.58. The minimum Gasteiger partial charge on any atom is -0.309 e. The summed E-state index contributed by atoms with van der Waals surface area (Å²) in [7, 11) is 0. The van der Waals surface area contributed by atoms with E-state index < -0.39 is 0 Å². The highest BCUT2D eigenvalue weighted by atomic mass is 15.0. The lowest BCUT2D eigenvalue weighted by Crippen LogP contribution is -1.95. The van der Waals surface area contributed by atoms with Crippen molar-refractivity contribution in [3.63, 3.8) is 0 Å². The largest absolute Gasteiger partial charge is 0.309 e. The van der Waals surface area contributed by atoms with Crippen LogP contribution in [0.3, 0.4) is 0 Å². The molecule has 0 spiro atoms. The van der Waals surface area contributed by atoms with Crippen LogP contribution >= 0.6 is 0 Å². The molecule has 10 aromatic carbocycles. The van der Waals surface area contributed by atoms with Gasteiger partial charge >= 0.3 is 0 Å². The first-order valence-electron chi connectivity index (χ1n) is 17.7. The molecule has 11 aromatic rings. The standard InChI is InChI=1S/C50H31N/c1-2-13-34(14-3-1)45-31-46-41-17-7-9-19-43(41)50-49(48(46)42-18-8-6-16-40(42)45)44-20-10-11-21-47(44)51(50)39-27-26-33-23-25-37(29-38(33)30-39)36-24-22-32-12-4-5-15-35(32)28-36/h1-31H. The second-order valence-electron chi connectivity index (χ2n) is 13.7. The van der Waals surface area contributed by atoms with Crippen LogP contribution in [-0.4, -0.2) is 4.57 Å². The summed E-state index contributed by atoms with van der Waals surface area (Å²) in [6.45, 7) is 0. The molecule has 0 N–H and O–H groups in total. The van der Waals surface area contributed by atoms with Gasteiger partial charge in [0.25, 0.3) is 0 Å². The van der Waals surface area contributed by atoms with Crippen molar-refractivity contribution in [3.8, 4) is 27.9 Å². The first kappa shape index (κ1) is 28.2. The quantitative estimate of drug-likeness (QED) is 0.169. The zero-order valence-corrected chi connectivity index (χ0v) is 27.8. The first-order chi connectivity index (χ1) is 25.3. The van der Waals surface area contributed by atoms with E-state index in [-0.39, 0.29) is 0 Å². The van der Waals surface area contributed by atoms with Gasteiger partial charge in [-0.2, -0.15) is 0 Å². The Bertz CT molecular complexity index is 3180. The van der Waals surface area contributed by atoms with Gasteiger partial charge in [-0.25, -0.2) is 0 Å². The number of para-hydroxylation sites is 1. The normalized spacial score (nSPS) is 11.9. The Morgan fingerprint density at radius 3 is 1.69 bits per heavy atom. The molecule has 0 aliphatic heterocycles. The molecule has 1 heteroatoms. The number of hydrogen-bond donors (Lipinski definition) is 0. The third kappa shape index (κ3) is 4.22. The highest BCUT2D eigenvalue weighted by Crippen LogP contribution is 2.47. The van der Waals surface area contributed by atoms with Crippen LogP contribution in [-0.2, 0) is 0 Å². The molecule has 51 heavy (non-hydrogen) atoms. The second kappa shape index (κ2) is 10.9. The molecule has 0 aliphatic rings. The van der Waals surface area contributed by atoms with Crippen molar-refractivity contribution in [2.24, 2.45) is 0 Å². The summed E-state index contributed by atoms with van der Waals surface area (Å²) in [5.41, 5.74) is 8.60. The van der Waals surface area contributed by atoms with Gasteiger partial charge < -0.3 is 4.57 Å². The smallest absolute Gasteiger partial charge is 0.0626 e. The molecule has 0 atom stereocenters. The topological polar surface area (TPSA) is 4.93 Å². The molecule has 0 saturated carbocycles. The van der Waals surface area contributed by atoms with Gasteiger partial charge in [-0.15, -0.1) is 0 Å². The molecule has 0 amide bonds. The second-order valence-corrected chi connectivity index (χ2v) is 13.7. The van der Waals surface area contributed by atoms with Crippen LogP contribution < -0.4 is 0 Å². The van der Waals surface area contributed by atoms with Gasteiger partial charge in [0.1, 0.15) is 0 Å². The van der Waals surface area contributed by atoms with Gasteiger partial charge in [-0.1, -0.05) is 152 Å². The number of benzene rings is 10. The maximum Gasteiger partial charge on any atom is 0.0626 e. The zero-order chi connectivity index (χ0) is 33.5. The van der Waals surface area contributed by atoms with Gasteiger partial charge in [0.15, 0.2) is 0 Å². The van der Waals surface area contributed by atoms with Crippen LogP contribution in [0.15, 0.2) is 188 Å². The Balaban J connectivity index is 1.24. The summed E-state index contributed by atoms with van der Waals surface area (Å²) in [6.07, 6.45) is 0. The van der Waals surface area contributed by atoms with Crippen molar-refractivity contribution >= 4 is 75.7 Å². The number of hydrogen-bond acceptors (Lipinski definition) is 0. The Morgan fingerprint density at radius 2 is 0.882 bits per heavy atom. The van der Waals surface area contributed by atoms with E-state index in [1.54, 1.807) is 0 Å². The maximum absolute atomic E-state index is 2.51. The predicted molar refractivity (Wildman–Crippen MR) is 219 cm³/mol. The lowest BCUT2D eigenvalue weighted by Gasteiger charge is -2.16. The number of rotatable bonds is 3. The lowest BCUT2D eigenvalue weighted by atomic mass is 9.88. The third-order valence-electron chi connectivity index (χ3n) is 10.9. The molecule has 0 aliphatic carbocycles. The Hall–Kier alpha value is -6.70. The van der Waals surface area contributed by atoms with E-state index in [0.29, 0.717) is 0 Å². The molecule has 11 rings (SSSR count). The molecule has 0 unspecified atom stereocenters. The molecule has 236 valence electrons. The van der Waals surface area contributed by atoms with Gasteiger partial charge in [0, 0.05) is 27.2 Å². The van der Waals surface area contributed by atoms with Crippen LogP contribution in [0, 0.1) is 0 Å². The first-order valence-corrected chi connectivity index (χ1v) is 17.7. The Labute approximate surface area is 295 Å². The van der Waals surface area contributed by atoms with Crippen LogP contribution in [0.25, 0.3) is 104 Å². The minimum absolute atomic E-state index is 1.17. The van der Waals surface area contributed by atoms with Crippen molar-refractivity contribution in [3.05, 3.63) is 188 Å². The summed E-state index contributed by atoms with van der Waals surface area (Å²) in [4.78, 5) is 0. The summed E-state index contributed by atoms with van der Waals surface area (Å²) >= 11 is 0. The minimum atomic E-state index is 1.17. The molecule has 0 fully saturated rings. The van der Waals surface area contributed by atoms with Crippen LogP contribution in [0.1, 0.15) is 0 Å². The molecule has 1 aromatic heterocycles. The third-order valence-corrected chi connectivity index (χ3v) is 10.9. The predicted octanol–water partition coefficient (Wildman–Crippen LogP) is 13.9. The van der Waals surface area contributed by atoms with E-state index in [2.05, 4.69) is 193 Å². The molecule has 1 nitrogen and oxygen atoms in total. The van der Waals surface area contributed by atoms with Gasteiger partial charge in [0.2, 0.25) is 0 Å². The van der Waals surface area contributed by atoms with Crippen molar-refractivity contribution in [1.82, 2.24) is 4.57 Å². The number of aromatic nitrogens is 1. The highest BCUT2D eigenvalue weighted by Gasteiger charge is 2.21. The number of fused-ring (bicyclic) bond motifs is 12. The van der Waals surface area contributed by atoms with E-state index >= 15 is 0 Å². The average Bonchev–Trinajstić information content (AvgIpc) is 3.55. The Morgan fingerprint density at radius 1 is 0.294 bits per heavy atom.